The van der Waals surface area contributed by atoms with Crippen LogP contribution in [0.3, 0.4) is 0 Å². The number of allylic oxidation sites excluding steroid dienone is 1. The van der Waals surface area contributed by atoms with Gasteiger partial charge in [0.2, 0.25) is 0 Å². The maximum atomic E-state index is 8.47. The molecule has 1 heterocycles. The Balaban J connectivity index is 2.28. The second-order valence-electron chi connectivity index (χ2n) is 3.68. The summed E-state index contributed by atoms with van der Waals surface area (Å²) >= 11 is 0. The topological polar surface area (TPSA) is 35.8 Å². The van der Waals surface area contributed by atoms with E-state index in [2.05, 4.69) is 35.7 Å². The molecule has 1 aromatic carbocycles. The molecule has 0 amide bonds. The lowest BCUT2D eigenvalue weighted by atomic mass is 9.95. The maximum absolute atomic E-state index is 8.47. The van der Waals surface area contributed by atoms with Gasteiger partial charge < -0.3 is 5.32 Å². The number of hydrogen-bond acceptors (Lipinski definition) is 2. The van der Waals surface area contributed by atoms with Crippen molar-refractivity contribution >= 4 is 6.08 Å². The van der Waals surface area contributed by atoms with Crippen molar-refractivity contribution < 1.29 is 0 Å². The largest absolute Gasteiger partial charge is 0.312 e. The highest BCUT2D eigenvalue weighted by Crippen LogP contribution is 2.19. The van der Waals surface area contributed by atoms with Gasteiger partial charge in [-0.15, -0.1) is 0 Å². The van der Waals surface area contributed by atoms with Crippen molar-refractivity contribution in [3.05, 3.63) is 41.0 Å². The first kappa shape index (κ1) is 9.95. The highest BCUT2D eigenvalue weighted by Gasteiger charge is 2.10. The molecule has 2 nitrogen and oxygen atoms in total. The Kier molecular flexibility index (Phi) is 3.16. The summed E-state index contributed by atoms with van der Waals surface area (Å²) in [6.07, 6.45) is 5.56. The minimum absolute atomic E-state index is 0.488. The molecule has 0 bridgehead atoms. The molecule has 1 N–H and O–H groups in total. The molecule has 76 valence electrons. The number of fused-ring (bicyclic) bond motifs is 1. The van der Waals surface area contributed by atoms with Crippen LogP contribution < -0.4 is 5.32 Å². The van der Waals surface area contributed by atoms with Gasteiger partial charge in [-0.25, -0.2) is 0 Å². The Labute approximate surface area is 90.2 Å². The molecule has 0 fully saturated rings. The molecule has 0 unspecified atom stereocenters. The first-order valence-electron chi connectivity index (χ1n) is 5.27. The molecule has 15 heavy (non-hydrogen) atoms. The maximum Gasteiger partial charge on any atom is 0.0663 e. The van der Waals surface area contributed by atoms with Crippen LogP contribution in [-0.4, -0.2) is 6.54 Å². The van der Waals surface area contributed by atoms with Crippen molar-refractivity contribution in [1.29, 1.82) is 5.26 Å². The number of hydrogen-bond donors (Lipinski definition) is 1. The van der Waals surface area contributed by atoms with E-state index in [0.717, 1.165) is 19.5 Å². The highest BCUT2D eigenvalue weighted by atomic mass is 14.9. The zero-order chi connectivity index (χ0) is 10.5. The van der Waals surface area contributed by atoms with E-state index in [-0.39, 0.29) is 0 Å². The molecule has 0 radical (unpaired) electrons. The Morgan fingerprint density at radius 2 is 2.40 bits per heavy atom. The molecule has 1 aliphatic rings. The van der Waals surface area contributed by atoms with Gasteiger partial charge in [-0.2, -0.15) is 5.26 Å². The van der Waals surface area contributed by atoms with Gasteiger partial charge in [0.15, 0.2) is 0 Å². The van der Waals surface area contributed by atoms with E-state index < -0.39 is 0 Å². The standard InChI is InChI=1S/C13H14N2/c14-8-2-1-4-11-5-3-6-12-10-15-9-7-13(11)12/h1,3-6,15H,2,7,9-10H2. The van der Waals surface area contributed by atoms with Gasteiger partial charge in [0, 0.05) is 6.54 Å². The van der Waals surface area contributed by atoms with E-state index in [0.29, 0.717) is 6.42 Å². The summed E-state index contributed by atoms with van der Waals surface area (Å²) in [6, 6.07) is 8.49. The van der Waals surface area contributed by atoms with Gasteiger partial charge in [0.05, 0.1) is 12.5 Å². The molecule has 0 aliphatic carbocycles. The summed E-state index contributed by atoms with van der Waals surface area (Å²) in [5.41, 5.74) is 4.09. The van der Waals surface area contributed by atoms with Crippen LogP contribution in [0.1, 0.15) is 23.1 Å². The minimum atomic E-state index is 0.488. The van der Waals surface area contributed by atoms with Crippen LogP contribution in [0.25, 0.3) is 6.08 Å². The molecule has 1 aromatic rings. The minimum Gasteiger partial charge on any atom is -0.312 e. The van der Waals surface area contributed by atoms with Crippen molar-refractivity contribution in [1.82, 2.24) is 5.32 Å². The van der Waals surface area contributed by atoms with E-state index in [1.807, 2.05) is 6.08 Å². The normalized spacial score (nSPS) is 14.9. The van der Waals surface area contributed by atoms with E-state index in [1.165, 1.54) is 16.7 Å². The molecule has 0 saturated heterocycles. The summed E-state index contributed by atoms with van der Waals surface area (Å²) in [5.74, 6) is 0. The Morgan fingerprint density at radius 3 is 3.27 bits per heavy atom. The zero-order valence-corrected chi connectivity index (χ0v) is 8.66. The first-order valence-corrected chi connectivity index (χ1v) is 5.27. The number of benzene rings is 1. The van der Waals surface area contributed by atoms with Crippen LogP contribution in [-0.2, 0) is 13.0 Å². The molecule has 2 heteroatoms. The van der Waals surface area contributed by atoms with Crippen molar-refractivity contribution in [2.45, 2.75) is 19.4 Å². The third-order valence-electron chi connectivity index (χ3n) is 2.68. The lowest BCUT2D eigenvalue weighted by Gasteiger charge is -2.18. The highest BCUT2D eigenvalue weighted by molar-refractivity contribution is 5.56. The second-order valence-corrected chi connectivity index (χ2v) is 3.68. The molecule has 1 aliphatic heterocycles. The fourth-order valence-corrected chi connectivity index (χ4v) is 1.96. The molecule has 0 aromatic heterocycles. The Morgan fingerprint density at radius 1 is 1.47 bits per heavy atom. The predicted molar refractivity (Wildman–Crippen MR) is 61.1 cm³/mol. The van der Waals surface area contributed by atoms with Gasteiger partial charge in [-0.05, 0) is 29.7 Å². The molecular weight excluding hydrogens is 184 g/mol. The third kappa shape index (κ3) is 2.26. The van der Waals surface area contributed by atoms with E-state index in [9.17, 15) is 0 Å². The van der Waals surface area contributed by atoms with Crippen LogP contribution in [0.15, 0.2) is 24.3 Å². The molecule has 0 atom stereocenters. The summed E-state index contributed by atoms with van der Waals surface area (Å²) in [6.45, 7) is 2.02. The lowest BCUT2D eigenvalue weighted by Crippen LogP contribution is -2.24. The lowest BCUT2D eigenvalue weighted by molar-refractivity contribution is 0.643. The van der Waals surface area contributed by atoms with E-state index >= 15 is 0 Å². The predicted octanol–water partition coefficient (Wildman–Crippen LogP) is 2.26. The summed E-state index contributed by atoms with van der Waals surface area (Å²) in [5, 5.41) is 11.8. The van der Waals surface area contributed by atoms with Crippen molar-refractivity contribution in [3.63, 3.8) is 0 Å². The Bertz CT molecular complexity index is 413. The van der Waals surface area contributed by atoms with Crippen LogP contribution in [0.5, 0.6) is 0 Å². The monoisotopic (exact) mass is 198 g/mol. The molecule has 0 saturated carbocycles. The zero-order valence-electron chi connectivity index (χ0n) is 8.66. The SMILES string of the molecule is N#CCC=Cc1cccc2c1CCNC2. The van der Waals surface area contributed by atoms with Gasteiger partial charge in [0.1, 0.15) is 0 Å². The average molecular weight is 198 g/mol. The summed E-state index contributed by atoms with van der Waals surface area (Å²) in [4.78, 5) is 0. The summed E-state index contributed by atoms with van der Waals surface area (Å²) in [7, 11) is 0. The van der Waals surface area contributed by atoms with Crippen molar-refractivity contribution in [3.8, 4) is 6.07 Å². The van der Waals surface area contributed by atoms with Gasteiger partial charge in [-0.3, -0.25) is 0 Å². The van der Waals surface area contributed by atoms with Gasteiger partial charge in [-0.1, -0.05) is 30.4 Å². The number of nitriles is 1. The fourth-order valence-electron chi connectivity index (χ4n) is 1.96. The smallest absolute Gasteiger partial charge is 0.0663 e. The molecule has 0 spiro atoms. The first-order chi connectivity index (χ1) is 7.42. The average Bonchev–Trinajstić information content (AvgIpc) is 2.30. The van der Waals surface area contributed by atoms with Crippen molar-refractivity contribution in [2.24, 2.45) is 0 Å². The number of nitrogens with one attached hydrogen (secondary N) is 1. The van der Waals surface area contributed by atoms with Crippen molar-refractivity contribution in [2.75, 3.05) is 6.54 Å². The van der Waals surface area contributed by atoms with Crippen LogP contribution in [0.4, 0.5) is 0 Å². The van der Waals surface area contributed by atoms with Crippen LogP contribution in [0.2, 0.25) is 0 Å². The van der Waals surface area contributed by atoms with Gasteiger partial charge in [0.25, 0.3) is 0 Å². The van der Waals surface area contributed by atoms with Gasteiger partial charge >= 0.3 is 0 Å². The van der Waals surface area contributed by atoms with E-state index in [1.54, 1.807) is 0 Å². The third-order valence-corrected chi connectivity index (χ3v) is 2.68. The second kappa shape index (κ2) is 4.77. The van der Waals surface area contributed by atoms with Crippen LogP contribution in [0, 0.1) is 11.3 Å². The molecule has 2 rings (SSSR count). The Hall–Kier alpha value is -1.59. The van der Waals surface area contributed by atoms with Crippen LogP contribution >= 0.6 is 0 Å². The summed E-state index contributed by atoms with van der Waals surface area (Å²) < 4.78 is 0. The number of nitrogens with zero attached hydrogens (tertiary/aromatic N) is 1. The molecular formula is C13H14N2. The quantitative estimate of drug-likeness (QED) is 0.791. The van der Waals surface area contributed by atoms with E-state index in [4.69, 9.17) is 5.26 Å². The fraction of sp³-hybridized carbons (Fsp3) is 0.308. The number of rotatable bonds is 2.